The molecule has 1 aromatic carbocycles. The van der Waals surface area contributed by atoms with Crippen molar-refractivity contribution in [3.05, 3.63) is 46.2 Å². The molecular formula is C14H16BrN3O2. The lowest BCUT2D eigenvalue weighted by atomic mass is 10.1. The second-order valence-electron chi connectivity index (χ2n) is 4.40. The molecule has 5 nitrogen and oxygen atoms in total. The average Bonchev–Trinajstić information content (AvgIpc) is 2.87. The topological polar surface area (TPSA) is 56.1 Å². The summed E-state index contributed by atoms with van der Waals surface area (Å²) in [4.78, 5) is 12.1. The number of rotatable bonds is 5. The number of halogens is 1. The maximum absolute atomic E-state index is 12.1. The molecule has 1 heterocycles. The number of carbonyl (C=O) groups excluding carboxylic acids is 1. The minimum Gasteiger partial charge on any atom is -0.383 e. The van der Waals surface area contributed by atoms with Crippen molar-refractivity contribution in [2.24, 2.45) is 0 Å². The third kappa shape index (κ3) is 3.68. The Kier molecular flexibility index (Phi) is 4.92. The van der Waals surface area contributed by atoms with Crippen LogP contribution >= 0.6 is 15.9 Å². The number of aromatic nitrogens is 2. The summed E-state index contributed by atoms with van der Waals surface area (Å²) >= 11 is 3.42. The van der Waals surface area contributed by atoms with Crippen LogP contribution in [0.15, 0.2) is 35.1 Å². The number of nitrogens with zero attached hydrogens (tertiary/aromatic N) is 2. The van der Waals surface area contributed by atoms with E-state index in [0.29, 0.717) is 24.4 Å². The molecule has 6 heteroatoms. The van der Waals surface area contributed by atoms with Crippen molar-refractivity contribution in [2.75, 3.05) is 19.0 Å². The molecule has 0 saturated carbocycles. The predicted octanol–water partition coefficient (Wildman–Crippen LogP) is 2.85. The molecule has 2 aromatic rings. The summed E-state index contributed by atoms with van der Waals surface area (Å²) < 4.78 is 7.69. The Balaban J connectivity index is 2.03. The summed E-state index contributed by atoms with van der Waals surface area (Å²) in [5, 5.41) is 6.97. The number of anilines is 1. The molecule has 0 spiro atoms. The zero-order valence-corrected chi connectivity index (χ0v) is 13.0. The van der Waals surface area contributed by atoms with Gasteiger partial charge in [-0.05, 0) is 30.7 Å². The van der Waals surface area contributed by atoms with Crippen molar-refractivity contribution in [1.29, 1.82) is 0 Å². The molecule has 0 fully saturated rings. The van der Waals surface area contributed by atoms with Gasteiger partial charge in [0.25, 0.3) is 5.91 Å². The van der Waals surface area contributed by atoms with Crippen LogP contribution in [-0.2, 0) is 11.3 Å². The van der Waals surface area contributed by atoms with Crippen molar-refractivity contribution in [2.45, 2.75) is 13.5 Å². The van der Waals surface area contributed by atoms with Crippen LogP contribution < -0.4 is 5.32 Å². The summed E-state index contributed by atoms with van der Waals surface area (Å²) in [6.45, 7) is 3.19. The molecule has 0 saturated heterocycles. The van der Waals surface area contributed by atoms with E-state index in [1.165, 1.54) is 0 Å². The smallest absolute Gasteiger partial charge is 0.255 e. The summed E-state index contributed by atoms with van der Waals surface area (Å²) in [5.74, 6) is -0.146. The monoisotopic (exact) mass is 337 g/mol. The number of hydrogen-bond acceptors (Lipinski definition) is 3. The van der Waals surface area contributed by atoms with E-state index in [-0.39, 0.29) is 5.91 Å². The Morgan fingerprint density at radius 2 is 2.30 bits per heavy atom. The van der Waals surface area contributed by atoms with Gasteiger partial charge in [0, 0.05) is 23.3 Å². The summed E-state index contributed by atoms with van der Waals surface area (Å²) in [5.41, 5.74) is 2.32. The number of ether oxygens (including phenoxy) is 1. The predicted molar refractivity (Wildman–Crippen MR) is 80.9 cm³/mol. The van der Waals surface area contributed by atoms with E-state index in [0.717, 1.165) is 10.0 Å². The Hall–Kier alpha value is -1.66. The van der Waals surface area contributed by atoms with Crippen LogP contribution in [0.1, 0.15) is 15.9 Å². The van der Waals surface area contributed by atoms with Crippen molar-refractivity contribution in [1.82, 2.24) is 9.78 Å². The van der Waals surface area contributed by atoms with Gasteiger partial charge < -0.3 is 10.1 Å². The first-order valence-corrected chi connectivity index (χ1v) is 6.98. The van der Waals surface area contributed by atoms with E-state index in [4.69, 9.17) is 4.74 Å². The highest BCUT2D eigenvalue weighted by Gasteiger charge is 2.08. The van der Waals surface area contributed by atoms with Gasteiger partial charge in [-0.1, -0.05) is 15.9 Å². The van der Waals surface area contributed by atoms with Gasteiger partial charge in [-0.3, -0.25) is 9.48 Å². The summed E-state index contributed by atoms with van der Waals surface area (Å²) in [6, 6.07) is 5.49. The fourth-order valence-electron chi connectivity index (χ4n) is 1.72. The zero-order chi connectivity index (χ0) is 14.5. The number of hydrogen-bond donors (Lipinski definition) is 1. The van der Waals surface area contributed by atoms with Crippen LogP contribution in [0.4, 0.5) is 5.69 Å². The molecule has 1 aromatic heterocycles. The van der Waals surface area contributed by atoms with E-state index in [9.17, 15) is 4.79 Å². The fourth-order valence-corrected chi connectivity index (χ4v) is 1.97. The van der Waals surface area contributed by atoms with Crippen LogP contribution in [0.2, 0.25) is 0 Å². The largest absolute Gasteiger partial charge is 0.383 e. The maximum Gasteiger partial charge on any atom is 0.255 e. The van der Waals surface area contributed by atoms with E-state index in [1.807, 2.05) is 19.1 Å². The molecule has 106 valence electrons. The number of benzene rings is 1. The lowest BCUT2D eigenvalue weighted by Crippen LogP contribution is -2.11. The van der Waals surface area contributed by atoms with Crippen LogP contribution in [0.5, 0.6) is 0 Å². The first kappa shape index (κ1) is 14.7. The van der Waals surface area contributed by atoms with Gasteiger partial charge in [0.05, 0.1) is 25.0 Å². The van der Waals surface area contributed by atoms with E-state index >= 15 is 0 Å². The van der Waals surface area contributed by atoms with Gasteiger partial charge in [-0.15, -0.1) is 0 Å². The Labute approximate surface area is 126 Å². The standard InChI is InChI=1S/C14H16BrN3O2/c1-10-7-11(3-4-13(10)15)14(19)17-12-8-16-18(9-12)5-6-20-2/h3-4,7-9H,5-6H2,1-2H3,(H,17,19). The second-order valence-corrected chi connectivity index (χ2v) is 5.26. The third-order valence-electron chi connectivity index (χ3n) is 2.84. The molecule has 2 rings (SSSR count). The van der Waals surface area contributed by atoms with Crippen LogP contribution in [0.25, 0.3) is 0 Å². The SMILES string of the molecule is COCCn1cc(NC(=O)c2ccc(Br)c(C)c2)cn1. The first-order chi connectivity index (χ1) is 9.60. The van der Waals surface area contributed by atoms with Gasteiger partial charge >= 0.3 is 0 Å². The number of nitrogens with one attached hydrogen (secondary N) is 1. The number of methoxy groups -OCH3 is 1. The summed E-state index contributed by atoms with van der Waals surface area (Å²) in [6.07, 6.45) is 3.40. The molecule has 0 atom stereocenters. The van der Waals surface area contributed by atoms with Crippen molar-refractivity contribution >= 4 is 27.5 Å². The number of amides is 1. The highest BCUT2D eigenvalue weighted by atomic mass is 79.9. The molecule has 0 radical (unpaired) electrons. The van der Waals surface area contributed by atoms with Gasteiger partial charge in [-0.25, -0.2) is 0 Å². The maximum atomic E-state index is 12.1. The van der Waals surface area contributed by atoms with Crippen LogP contribution in [0, 0.1) is 6.92 Å². The minimum absolute atomic E-state index is 0.146. The molecule has 1 N–H and O–H groups in total. The Morgan fingerprint density at radius 1 is 1.50 bits per heavy atom. The fraction of sp³-hybridized carbons (Fsp3) is 0.286. The van der Waals surface area contributed by atoms with E-state index < -0.39 is 0 Å². The minimum atomic E-state index is -0.146. The molecule has 0 aliphatic rings. The molecule has 20 heavy (non-hydrogen) atoms. The molecule has 0 aliphatic carbocycles. The zero-order valence-electron chi connectivity index (χ0n) is 11.4. The van der Waals surface area contributed by atoms with Crippen LogP contribution in [0.3, 0.4) is 0 Å². The second kappa shape index (κ2) is 6.67. The molecule has 0 bridgehead atoms. The van der Waals surface area contributed by atoms with Crippen molar-refractivity contribution in [3.63, 3.8) is 0 Å². The normalized spacial score (nSPS) is 10.6. The first-order valence-electron chi connectivity index (χ1n) is 6.19. The Bertz CT molecular complexity index is 610. The van der Waals surface area contributed by atoms with Crippen molar-refractivity contribution in [3.8, 4) is 0 Å². The number of carbonyl (C=O) groups is 1. The van der Waals surface area contributed by atoms with Crippen molar-refractivity contribution < 1.29 is 9.53 Å². The Morgan fingerprint density at radius 3 is 3.00 bits per heavy atom. The summed E-state index contributed by atoms with van der Waals surface area (Å²) in [7, 11) is 1.64. The van der Waals surface area contributed by atoms with Gasteiger partial charge in [0.1, 0.15) is 0 Å². The average molecular weight is 338 g/mol. The lowest BCUT2D eigenvalue weighted by Gasteiger charge is -2.04. The molecular weight excluding hydrogens is 322 g/mol. The van der Waals surface area contributed by atoms with Gasteiger partial charge in [0.15, 0.2) is 0 Å². The number of aryl methyl sites for hydroxylation is 1. The van der Waals surface area contributed by atoms with E-state index in [1.54, 1.807) is 30.3 Å². The van der Waals surface area contributed by atoms with Gasteiger partial charge in [-0.2, -0.15) is 5.10 Å². The lowest BCUT2D eigenvalue weighted by molar-refractivity contribution is 0.102. The van der Waals surface area contributed by atoms with Gasteiger partial charge in [0.2, 0.25) is 0 Å². The molecule has 0 aliphatic heterocycles. The molecule has 1 amide bonds. The third-order valence-corrected chi connectivity index (χ3v) is 3.73. The molecule has 0 unspecified atom stereocenters. The quantitative estimate of drug-likeness (QED) is 0.912. The van der Waals surface area contributed by atoms with E-state index in [2.05, 4.69) is 26.3 Å². The highest BCUT2D eigenvalue weighted by molar-refractivity contribution is 9.10. The van der Waals surface area contributed by atoms with Crippen LogP contribution in [-0.4, -0.2) is 29.4 Å². The highest BCUT2D eigenvalue weighted by Crippen LogP contribution is 2.18.